The van der Waals surface area contributed by atoms with Crippen LogP contribution in [0.15, 0.2) is 59.8 Å². The van der Waals surface area contributed by atoms with Crippen LogP contribution in [-0.4, -0.2) is 61.6 Å². The van der Waals surface area contributed by atoms with E-state index >= 15 is 0 Å². The van der Waals surface area contributed by atoms with Gasteiger partial charge in [0.15, 0.2) is 9.84 Å². The number of piperazine rings is 1. The van der Waals surface area contributed by atoms with Gasteiger partial charge in [0.25, 0.3) is 5.91 Å². The molecule has 7 nitrogen and oxygen atoms in total. The number of fused-ring (bicyclic) bond motifs is 1. The number of amides is 1. The third kappa shape index (κ3) is 3.55. The zero-order valence-electron chi connectivity index (χ0n) is 15.4. The highest BCUT2D eigenvalue weighted by Crippen LogP contribution is 2.24. The van der Waals surface area contributed by atoms with Gasteiger partial charge in [-0.25, -0.2) is 18.4 Å². The van der Waals surface area contributed by atoms with Crippen LogP contribution in [-0.2, 0) is 9.84 Å². The molecule has 1 fully saturated rings. The van der Waals surface area contributed by atoms with Crippen LogP contribution in [0.1, 0.15) is 10.4 Å². The van der Waals surface area contributed by atoms with Crippen molar-refractivity contribution in [2.75, 3.05) is 37.3 Å². The molecule has 0 atom stereocenters. The van der Waals surface area contributed by atoms with Gasteiger partial charge in [-0.2, -0.15) is 0 Å². The molecule has 4 rings (SSSR count). The number of sulfone groups is 1. The molecule has 1 saturated heterocycles. The number of aromatic nitrogens is 2. The molecule has 0 bridgehead atoms. The van der Waals surface area contributed by atoms with E-state index in [1.807, 2.05) is 24.3 Å². The van der Waals surface area contributed by atoms with Gasteiger partial charge in [-0.1, -0.05) is 18.2 Å². The van der Waals surface area contributed by atoms with Crippen LogP contribution in [0.3, 0.4) is 0 Å². The Hall–Kier alpha value is -3.00. The van der Waals surface area contributed by atoms with E-state index in [9.17, 15) is 13.2 Å². The monoisotopic (exact) mass is 396 g/mol. The Kier molecular flexibility index (Phi) is 4.72. The van der Waals surface area contributed by atoms with E-state index in [2.05, 4.69) is 14.9 Å². The van der Waals surface area contributed by atoms with Gasteiger partial charge >= 0.3 is 0 Å². The lowest BCUT2D eigenvalue weighted by molar-refractivity contribution is 0.0746. The lowest BCUT2D eigenvalue weighted by Crippen LogP contribution is -2.49. The number of rotatable bonds is 3. The molecular formula is C20H20N4O3S. The summed E-state index contributed by atoms with van der Waals surface area (Å²) < 4.78 is 23.5. The van der Waals surface area contributed by atoms with E-state index in [0.717, 1.165) is 23.0 Å². The summed E-state index contributed by atoms with van der Waals surface area (Å²) in [6, 6.07) is 14.1. The maximum atomic E-state index is 12.8. The molecule has 144 valence electrons. The molecule has 1 amide bonds. The molecule has 28 heavy (non-hydrogen) atoms. The lowest BCUT2D eigenvalue weighted by atomic mass is 10.1. The average molecular weight is 396 g/mol. The largest absolute Gasteiger partial charge is 0.352 e. The molecule has 2 heterocycles. The van der Waals surface area contributed by atoms with Crippen LogP contribution < -0.4 is 4.90 Å². The fourth-order valence-electron chi connectivity index (χ4n) is 3.41. The molecule has 1 aromatic heterocycles. The summed E-state index contributed by atoms with van der Waals surface area (Å²) in [7, 11) is -3.35. The first kappa shape index (κ1) is 18.4. The molecule has 1 aliphatic heterocycles. The molecule has 0 N–H and O–H groups in total. The van der Waals surface area contributed by atoms with Crippen molar-refractivity contribution in [3.8, 4) is 0 Å². The van der Waals surface area contributed by atoms with Gasteiger partial charge in [0, 0.05) is 43.4 Å². The van der Waals surface area contributed by atoms with Gasteiger partial charge in [0.05, 0.1) is 10.4 Å². The van der Waals surface area contributed by atoms with Crippen LogP contribution in [0, 0.1) is 0 Å². The predicted molar refractivity (Wildman–Crippen MR) is 107 cm³/mol. The van der Waals surface area contributed by atoms with Gasteiger partial charge in [0.2, 0.25) is 0 Å². The summed E-state index contributed by atoms with van der Waals surface area (Å²) in [4.78, 5) is 25.6. The van der Waals surface area contributed by atoms with Gasteiger partial charge in [-0.05, 0) is 30.3 Å². The van der Waals surface area contributed by atoms with Crippen molar-refractivity contribution in [2.24, 2.45) is 0 Å². The number of carbonyl (C=O) groups excluding carboxylic acids is 1. The minimum atomic E-state index is -3.35. The van der Waals surface area contributed by atoms with Crippen molar-refractivity contribution in [3.05, 3.63) is 60.4 Å². The minimum absolute atomic E-state index is 0.155. The zero-order valence-corrected chi connectivity index (χ0v) is 16.3. The summed E-state index contributed by atoms with van der Waals surface area (Å²) in [5, 5.41) is 0.991. The summed E-state index contributed by atoms with van der Waals surface area (Å²) >= 11 is 0. The van der Waals surface area contributed by atoms with Crippen LogP contribution in [0.25, 0.3) is 10.9 Å². The minimum Gasteiger partial charge on any atom is -0.352 e. The van der Waals surface area contributed by atoms with E-state index in [1.54, 1.807) is 23.4 Å². The Bertz CT molecular complexity index is 1130. The van der Waals surface area contributed by atoms with Crippen LogP contribution in [0.4, 0.5) is 5.82 Å². The number of nitrogens with zero attached hydrogens (tertiary/aromatic N) is 4. The zero-order chi connectivity index (χ0) is 19.7. The molecule has 1 aliphatic rings. The molecule has 0 spiro atoms. The van der Waals surface area contributed by atoms with E-state index in [4.69, 9.17) is 0 Å². The van der Waals surface area contributed by atoms with Crippen LogP contribution in [0.5, 0.6) is 0 Å². The van der Waals surface area contributed by atoms with Crippen molar-refractivity contribution in [3.63, 3.8) is 0 Å². The summed E-state index contributed by atoms with van der Waals surface area (Å²) in [6.45, 7) is 2.39. The summed E-state index contributed by atoms with van der Waals surface area (Å²) in [5.41, 5.74) is 1.28. The van der Waals surface area contributed by atoms with Crippen molar-refractivity contribution in [2.45, 2.75) is 4.90 Å². The highest BCUT2D eigenvalue weighted by atomic mass is 32.2. The molecule has 0 saturated carbocycles. The Labute approximate surface area is 163 Å². The van der Waals surface area contributed by atoms with Crippen LogP contribution >= 0.6 is 0 Å². The summed E-state index contributed by atoms with van der Waals surface area (Å²) in [6.07, 6.45) is 2.70. The molecule has 8 heteroatoms. The molecule has 2 aromatic carbocycles. The Morgan fingerprint density at radius 3 is 2.46 bits per heavy atom. The third-order valence-electron chi connectivity index (χ3n) is 4.90. The highest BCUT2D eigenvalue weighted by molar-refractivity contribution is 7.90. The van der Waals surface area contributed by atoms with E-state index < -0.39 is 9.84 Å². The predicted octanol–water partition coefficient (Wildman–Crippen LogP) is 2.00. The number of para-hydroxylation sites is 1. The molecule has 3 aromatic rings. The average Bonchev–Trinajstić information content (AvgIpc) is 2.72. The Balaban J connectivity index is 1.51. The molecular weight excluding hydrogens is 376 g/mol. The first-order valence-electron chi connectivity index (χ1n) is 8.97. The van der Waals surface area contributed by atoms with Crippen molar-refractivity contribution >= 4 is 32.5 Å². The maximum Gasteiger partial charge on any atom is 0.254 e. The van der Waals surface area contributed by atoms with Gasteiger partial charge < -0.3 is 9.80 Å². The smallest absolute Gasteiger partial charge is 0.254 e. The fraction of sp³-hybridized carbons (Fsp3) is 0.250. The molecule has 0 unspecified atom stereocenters. The maximum absolute atomic E-state index is 12.8. The second-order valence-electron chi connectivity index (χ2n) is 6.79. The van der Waals surface area contributed by atoms with Gasteiger partial charge in [0.1, 0.15) is 12.1 Å². The topological polar surface area (TPSA) is 83.5 Å². The summed E-state index contributed by atoms with van der Waals surface area (Å²) in [5.74, 6) is 0.717. The van der Waals surface area contributed by atoms with Crippen molar-refractivity contribution < 1.29 is 13.2 Å². The van der Waals surface area contributed by atoms with Crippen molar-refractivity contribution in [1.29, 1.82) is 0 Å². The number of hydrogen-bond donors (Lipinski definition) is 0. The second-order valence-corrected chi connectivity index (χ2v) is 8.81. The molecule has 0 aliphatic carbocycles. The Morgan fingerprint density at radius 1 is 0.964 bits per heavy atom. The van der Waals surface area contributed by atoms with Crippen LogP contribution in [0.2, 0.25) is 0 Å². The first-order chi connectivity index (χ1) is 13.4. The van der Waals surface area contributed by atoms with E-state index in [0.29, 0.717) is 31.7 Å². The number of hydrogen-bond acceptors (Lipinski definition) is 6. The quantitative estimate of drug-likeness (QED) is 0.673. The second kappa shape index (κ2) is 7.20. The third-order valence-corrected chi connectivity index (χ3v) is 6.01. The lowest BCUT2D eigenvalue weighted by Gasteiger charge is -2.35. The van der Waals surface area contributed by atoms with E-state index in [-0.39, 0.29) is 10.8 Å². The first-order valence-corrected chi connectivity index (χ1v) is 10.9. The number of anilines is 1. The fourth-order valence-corrected chi connectivity index (χ4v) is 4.07. The normalized spacial score (nSPS) is 15.0. The van der Waals surface area contributed by atoms with Gasteiger partial charge in [-0.3, -0.25) is 4.79 Å². The SMILES string of the molecule is CS(=O)(=O)c1cccc(C(=O)N2CCN(c3ncnc4ccccc34)CC2)c1. The number of benzene rings is 2. The standard InChI is InChI=1S/C20H20N4O3S/c1-28(26,27)16-6-4-5-15(13-16)20(25)24-11-9-23(10-12-24)19-17-7-2-3-8-18(17)21-14-22-19/h2-8,13-14H,9-12H2,1H3. The van der Waals surface area contributed by atoms with Crippen molar-refractivity contribution in [1.82, 2.24) is 14.9 Å². The molecule has 0 radical (unpaired) electrons. The number of carbonyl (C=O) groups is 1. The van der Waals surface area contributed by atoms with Gasteiger partial charge in [-0.15, -0.1) is 0 Å². The Morgan fingerprint density at radius 2 is 1.71 bits per heavy atom. The highest BCUT2D eigenvalue weighted by Gasteiger charge is 2.24. The van der Waals surface area contributed by atoms with E-state index in [1.165, 1.54) is 12.1 Å².